The molecule has 0 amide bonds. The molecule has 6 atom stereocenters. The van der Waals surface area contributed by atoms with Crippen molar-refractivity contribution in [1.29, 1.82) is 0 Å². The molecule has 1 aliphatic heterocycles. The van der Waals surface area contributed by atoms with E-state index in [2.05, 4.69) is 4.74 Å². The summed E-state index contributed by atoms with van der Waals surface area (Å²) in [4.78, 5) is 0. The van der Waals surface area contributed by atoms with Crippen LogP contribution >= 0.6 is 0 Å². The Labute approximate surface area is 79.8 Å². The highest BCUT2D eigenvalue weighted by Crippen LogP contribution is 2.23. The van der Waals surface area contributed by atoms with Gasteiger partial charge in [-0.1, -0.05) is 0 Å². The van der Waals surface area contributed by atoms with Crippen LogP contribution in [-0.4, -0.2) is 74.1 Å². The fourth-order valence-electron chi connectivity index (χ4n) is 1.29. The SMILES string of the molecule is OC[C@@H](O)[C@@H](O)[C@@H]1OC(O)[C@H](O)[C@@H]1O. The van der Waals surface area contributed by atoms with E-state index in [0.29, 0.717) is 0 Å². The minimum atomic E-state index is -1.60. The van der Waals surface area contributed by atoms with Gasteiger partial charge in [0, 0.05) is 0 Å². The van der Waals surface area contributed by atoms with E-state index < -0.39 is 43.4 Å². The van der Waals surface area contributed by atoms with Crippen molar-refractivity contribution in [2.45, 2.75) is 36.8 Å². The van der Waals surface area contributed by atoms with Crippen LogP contribution in [0.4, 0.5) is 0 Å². The molecule has 0 aromatic heterocycles. The van der Waals surface area contributed by atoms with Crippen LogP contribution in [0.5, 0.6) is 0 Å². The zero-order valence-corrected chi connectivity index (χ0v) is 7.26. The molecule has 14 heavy (non-hydrogen) atoms. The highest BCUT2D eigenvalue weighted by Gasteiger charge is 2.46. The van der Waals surface area contributed by atoms with Gasteiger partial charge in [0.05, 0.1) is 6.61 Å². The minimum absolute atomic E-state index is 0.708. The van der Waals surface area contributed by atoms with Crippen LogP contribution in [0.15, 0.2) is 0 Å². The lowest BCUT2D eigenvalue weighted by Crippen LogP contribution is -2.46. The number of rotatable bonds is 3. The summed E-state index contributed by atoms with van der Waals surface area (Å²) in [7, 11) is 0. The van der Waals surface area contributed by atoms with Crippen LogP contribution in [0.3, 0.4) is 0 Å². The van der Waals surface area contributed by atoms with Crippen molar-refractivity contribution < 1.29 is 35.4 Å². The van der Waals surface area contributed by atoms with Crippen molar-refractivity contribution in [1.82, 2.24) is 0 Å². The molecule has 0 radical (unpaired) electrons. The number of hydrogen-bond acceptors (Lipinski definition) is 7. The summed E-state index contributed by atoms with van der Waals surface area (Å²) in [6, 6.07) is 0. The molecule has 84 valence electrons. The Bertz CT molecular complexity index is 187. The van der Waals surface area contributed by atoms with Gasteiger partial charge in [0.2, 0.25) is 0 Å². The third-order valence-corrected chi connectivity index (χ3v) is 2.19. The lowest BCUT2D eigenvalue weighted by atomic mass is 10.0. The van der Waals surface area contributed by atoms with E-state index in [0.717, 1.165) is 0 Å². The fraction of sp³-hybridized carbons (Fsp3) is 1.00. The van der Waals surface area contributed by atoms with Gasteiger partial charge in [-0.2, -0.15) is 0 Å². The lowest BCUT2D eigenvalue weighted by Gasteiger charge is -2.23. The van der Waals surface area contributed by atoms with Crippen molar-refractivity contribution in [3.63, 3.8) is 0 Å². The largest absolute Gasteiger partial charge is 0.394 e. The van der Waals surface area contributed by atoms with Gasteiger partial charge in [0.15, 0.2) is 6.29 Å². The second-order valence-electron chi connectivity index (χ2n) is 3.21. The van der Waals surface area contributed by atoms with Gasteiger partial charge < -0.3 is 35.4 Å². The molecule has 7 heteroatoms. The van der Waals surface area contributed by atoms with Crippen LogP contribution < -0.4 is 0 Å². The van der Waals surface area contributed by atoms with E-state index in [4.69, 9.17) is 20.4 Å². The molecule has 0 aromatic rings. The topological polar surface area (TPSA) is 131 Å². The molecule has 1 saturated heterocycles. The van der Waals surface area contributed by atoms with Crippen molar-refractivity contribution in [2.75, 3.05) is 6.61 Å². The maximum atomic E-state index is 9.31. The molecule has 1 aliphatic rings. The second kappa shape index (κ2) is 4.49. The van der Waals surface area contributed by atoms with Gasteiger partial charge in [-0.05, 0) is 0 Å². The van der Waals surface area contributed by atoms with Gasteiger partial charge in [-0.25, -0.2) is 0 Å². The highest BCUT2D eigenvalue weighted by atomic mass is 16.6. The molecule has 0 saturated carbocycles. The van der Waals surface area contributed by atoms with Crippen LogP contribution in [0.1, 0.15) is 0 Å². The van der Waals surface area contributed by atoms with Crippen molar-refractivity contribution >= 4 is 0 Å². The molecular weight excluding hydrogens is 196 g/mol. The summed E-state index contributed by atoms with van der Waals surface area (Å²) >= 11 is 0. The summed E-state index contributed by atoms with van der Waals surface area (Å²) in [5.74, 6) is 0. The first-order valence-electron chi connectivity index (χ1n) is 4.15. The molecule has 1 heterocycles. The average Bonchev–Trinajstić information content (AvgIpc) is 2.43. The van der Waals surface area contributed by atoms with Crippen molar-refractivity contribution in [3.8, 4) is 0 Å². The van der Waals surface area contributed by atoms with E-state index >= 15 is 0 Å². The summed E-state index contributed by atoms with van der Waals surface area (Å²) < 4.78 is 4.61. The van der Waals surface area contributed by atoms with E-state index in [9.17, 15) is 10.2 Å². The number of aliphatic hydroxyl groups is 6. The Balaban J connectivity index is 2.61. The molecule has 0 aromatic carbocycles. The van der Waals surface area contributed by atoms with E-state index in [1.165, 1.54) is 0 Å². The summed E-state index contributed by atoms with van der Waals surface area (Å²) in [5.41, 5.74) is 0. The van der Waals surface area contributed by atoms with Crippen LogP contribution in [0.25, 0.3) is 0 Å². The molecular formula is C7H14O7. The average molecular weight is 210 g/mol. The van der Waals surface area contributed by atoms with Crippen molar-refractivity contribution in [3.05, 3.63) is 0 Å². The quantitative estimate of drug-likeness (QED) is 0.281. The molecule has 7 nitrogen and oxygen atoms in total. The summed E-state index contributed by atoms with van der Waals surface area (Å²) in [6.07, 6.45) is -9.01. The second-order valence-corrected chi connectivity index (χ2v) is 3.21. The minimum Gasteiger partial charge on any atom is -0.394 e. The summed E-state index contributed by atoms with van der Waals surface area (Å²) in [5, 5.41) is 54.1. The molecule has 0 aliphatic carbocycles. The van der Waals surface area contributed by atoms with Gasteiger partial charge in [0.25, 0.3) is 0 Å². The highest BCUT2D eigenvalue weighted by molar-refractivity contribution is 4.92. The standard InChI is InChI=1S/C7H14O7/c8-1-2(9)3(10)6-4(11)5(12)7(13)14-6/h2-13H,1H2/t2-,3-,4+,5-,6+,7?/m1/s1. The van der Waals surface area contributed by atoms with E-state index in [1.807, 2.05) is 0 Å². The fourth-order valence-corrected chi connectivity index (χ4v) is 1.29. The maximum absolute atomic E-state index is 9.31. The zero-order chi connectivity index (χ0) is 10.9. The predicted molar refractivity (Wildman–Crippen MR) is 42.0 cm³/mol. The molecule has 1 fully saturated rings. The normalized spacial score (nSPS) is 42.4. The Morgan fingerprint density at radius 3 is 2.00 bits per heavy atom. The van der Waals surface area contributed by atoms with Crippen LogP contribution in [-0.2, 0) is 4.74 Å². The van der Waals surface area contributed by atoms with Gasteiger partial charge in [-0.15, -0.1) is 0 Å². The first kappa shape index (κ1) is 11.8. The smallest absolute Gasteiger partial charge is 0.184 e. The Morgan fingerprint density at radius 2 is 1.64 bits per heavy atom. The summed E-state index contributed by atoms with van der Waals surface area (Å²) in [6.45, 7) is -0.708. The Hall–Kier alpha value is -0.280. The number of ether oxygens (including phenoxy) is 1. The third-order valence-electron chi connectivity index (χ3n) is 2.19. The van der Waals surface area contributed by atoms with Gasteiger partial charge in [-0.3, -0.25) is 0 Å². The third kappa shape index (κ3) is 2.04. The van der Waals surface area contributed by atoms with Crippen molar-refractivity contribution in [2.24, 2.45) is 0 Å². The molecule has 6 N–H and O–H groups in total. The molecule has 1 unspecified atom stereocenters. The zero-order valence-electron chi connectivity index (χ0n) is 7.26. The molecule has 0 spiro atoms. The number of hydrogen-bond donors (Lipinski definition) is 6. The molecule has 0 bridgehead atoms. The predicted octanol–water partition coefficient (Wildman–Crippen LogP) is -3.86. The van der Waals surface area contributed by atoms with E-state index in [1.54, 1.807) is 0 Å². The van der Waals surface area contributed by atoms with Gasteiger partial charge in [0.1, 0.15) is 30.5 Å². The maximum Gasteiger partial charge on any atom is 0.184 e. The Morgan fingerprint density at radius 1 is 1.07 bits per heavy atom. The Kier molecular flexibility index (Phi) is 3.78. The van der Waals surface area contributed by atoms with E-state index in [-0.39, 0.29) is 0 Å². The number of aliphatic hydroxyl groups excluding tert-OH is 6. The molecule has 1 rings (SSSR count). The van der Waals surface area contributed by atoms with Crippen LogP contribution in [0.2, 0.25) is 0 Å². The first-order chi connectivity index (χ1) is 6.49. The lowest BCUT2D eigenvalue weighted by molar-refractivity contribution is -0.164. The van der Waals surface area contributed by atoms with Crippen LogP contribution in [0, 0.1) is 0 Å². The first-order valence-corrected chi connectivity index (χ1v) is 4.15. The monoisotopic (exact) mass is 210 g/mol. The van der Waals surface area contributed by atoms with Gasteiger partial charge >= 0.3 is 0 Å².